The highest BCUT2D eigenvalue weighted by Crippen LogP contribution is 2.41. The first-order chi connectivity index (χ1) is 9.91. The first-order valence-electron chi connectivity index (χ1n) is 6.95. The molecule has 2 aliphatic rings. The maximum Gasteiger partial charge on any atom is 0.249 e. The van der Waals surface area contributed by atoms with Crippen LogP contribution in [0.3, 0.4) is 0 Å². The quantitative estimate of drug-likeness (QED) is 0.920. The van der Waals surface area contributed by atoms with E-state index in [1.165, 1.54) is 17.0 Å². The summed E-state index contributed by atoms with van der Waals surface area (Å²) in [5.41, 5.74) is -0.838. The van der Waals surface area contributed by atoms with Crippen LogP contribution in [0, 0.1) is 17.6 Å². The molecule has 1 aromatic rings. The van der Waals surface area contributed by atoms with Crippen molar-refractivity contribution in [1.29, 1.82) is 0 Å². The lowest BCUT2D eigenvalue weighted by Gasteiger charge is -2.40. The van der Waals surface area contributed by atoms with Gasteiger partial charge in [0.05, 0.1) is 6.54 Å². The van der Waals surface area contributed by atoms with Crippen LogP contribution in [-0.2, 0) is 16.1 Å². The van der Waals surface area contributed by atoms with E-state index in [-0.39, 0.29) is 36.4 Å². The Balaban J connectivity index is 1.85. The Morgan fingerprint density at radius 2 is 2.05 bits per heavy atom. The molecule has 1 N–H and O–H groups in total. The fourth-order valence-electron chi connectivity index (χ4n) is 2.90. The Labute approximate surface area is 121 Å². The summed E-state index contributed by atoms with van der Waals surface area (Å²) in [6.07, 6.45) is 1.79. The predicted molar refractivity (Wildman–Crippen MR) is 71.0 cm³/mol. The van der Waals surface area contributed by atoms with Crippen molar-refractivity contribution in [3.05, 3.63) is 35.4 Å². The minimum absolute atomic E-state index is 0.0798. The number of rotatable bonds is 3. The third-order valence-electron chi connectivity index (χ3n) is 4.25. The molecule has 1 atom stereocenters. The van der Waals surface area contributed by atoms with Crippen LogP contribution in [0.4, 0.5) is 8.78 Å². The number of nitrogens with zero attached hydrogens (tertiary/aromatic N) is 1. The molecule has 0 radical (unpaired) electrons. The highest BCUT2D eigenvalue weighted by atomic mass is 19.2. The Hall–Kier alpha value is -1.98. The van der Waals surface area contributed by atoms with E-state index in [9.17, 15) is 18.4 Å². The molecule has 1 aliphatic heterocycles. The molecule has 1 unspecified atom stereocenters. The molecule has 1 heterocycles. The second-order valence-electron chi connectivity index (χ2n) is 5.90. The summed E-state index contributed by atoms with van der Waals surface area (Å²) in [7, 11) is 0. The monoisotopic (exact) mass is 294 g/mol. The summed E-state index contributed by atoms with van der Waals surface area (Å²) in [6, 6.07) is 3.84. The van der Waals surface area contributed by atoms with Crippen molar-refractivity contribution < 1.29 is 18.4 Å². The fourth-order valence-corrected chi connectivity index (χ4v) is 2.90. The smallest absolute Gasteiger partial charge is 0.249 e. The van der Waals surface area contributed by atoms with Crippen LogP contribution < -0.4 is 5.32 Å². The lowest BCUT2D eigenvalue weighted by molar-refractivity contribution is -0.150. The predicted octanol–water partition coefficient (Wildman–Crippen LogP) is 1.59. The van der Waals surface area contributed by atoms with Crippen molar-refractivity contribution in [2.75, 3.05) is 6.54 Å². The van der Waals surface area contributed by atoms with Crippen molar-refractivity contribution in [3.8, 4) is 0 Å². The van der Waals surface area contributed by atoms with Gasteiger partial charge < -0.3 is 10.2 Å². The van der Waals surface area contributed by atoms with Crippen LogP contribution in [0.25, 0.3) is 0 Å². The van der Waals surface area contributed by atoms with Crippen LogP contribution in [0.15, 0.2) is 18.2 Å². The van der Waals surface area contributed by atoms with E-state index in [1.807, 2.05) is 0 Å². The molecular formula is C15H16F2N2O2. The highest BCUT2D eigenvalue weighted by molar-refractivity contribution is 5.98. The SMILES string of the molecule is CC1(C2CC2)NC(=O)CN(Cc2cccc(F)c2F)C1=O. The third kappa shape index (κ3) is 2.39. The number of benzene rings is 1. The molecule has 1 aromatic carbocycles. The number of carbonyl (C=O) groups is 2. The van der Waals surface area contributed by atoms with Crippen LogP contribution in [0.2, 0.25) is 0 Å². The molecule has 1 saturated heterocycles. The van der Waals surface area contributed by atoms with Gasteiger partial charge in [0.1, 0.15) is 5.54 Å². The largest absolute Gasteiger partial charge is 0.340 e. The number of hydrogen-bond acceptors (Lipinski definition) is 2. The molecule has 6 heteroatoms. The molecule has 2 amide bonds. The van der Waals surface area contributed by atoms with Gasteiger partial charge in [0, 0.05) is 12.1 Å². The topological polar surface area (TPSA) is 49.4 Å². The van der Waals surface area contributed by atoms with Gasteiger partial charge in [-0.05, 0) is 31.7 Å². The maximum absolute atomic E-state index is 13.7. The zero-order valence-corrected chi connectivity index (χ0v) is 11.7. The Kier molecular flexibility index (Phi) is 3.19. The Bertz CT molecular complexity index is 616. The van der Waals surface area contributed by atoms with Gasteiger partial charge in [0.2, 0.25) is 11.8 Å². The van der Waals surface area contributed by atoms with Gasteiger partial charge in [-0.25, -0.2) is 8.78 Å². The number of halogens is 2. The van der Waals surface area contributed by atoms with Crippen molar-refractivity contribution in [3.63, 3.8) is 0 Å². The van der Waals surface area contributed by atoms with Crippen molar-refractivity contribution in [2.24, 2.45) is 5.92 Å². The molecule has 21 heavy (non-hydrogen) atoms. The van der Waals surface area contributed by atoms with Crippen LogP contribution in [0.5, 0.6) is 0 Å². The number of piperazine rings is 1. The van der Waals surface area contributed by atoms with Gasteiger partial charge in [0.15, 0.2) is 11.6 Å². The van der Waals surface area contributed by atoms with Gasteiger partial charge in [-0.3, -0.25) is 9.59 Å². The molecule has 0 spiro atoms. The number of carbonyl (C=O) groups excluding carboxylic acids is 2. The summed E-state index contributed by atoms with van der Waals surface area (Å²) in [5, 5.41) is 2.75. The Morgan fingerprint density at radius 3 is 2.71 bits per heavy atom. The molecule has 3 rings (SSSR count). The van der Waals surface area contributed by atoms with Gasteiger partial charge in [-0.1, -0.05) is 12.1 Å². The zero-order valence-electron chi connectivity index (χ0n) is 11.7. The van der Waals surface area contributed by atoms with E-state index in [2.05, 4.69) is 5.32 Å². The van der Waals surface area contributed by atoms with Crippen molar-refractivity contribution >= 4 is 11.8 Å². The van der Waals surface area contributed by atoms with Crippen LogP contribution in [0.1, 0.15) is 25.3 Å². The van der Waals surface area contributed by atoms with Gasteiger partial charge in [0.25, 0.3) is 0 Å². The molecule has 2 fully saturated rings. The van der Waals surface area contributed by atoms with E-state index in [1.54, 1.807) is 6.92 Å². The second kappa shape index (κ2) is 4.79. The molecule has 0 bridgehead atoms. The molecule has 112 valence electrons. The van der Waals surface area contributed by atoms with E-state index in [0.29, 0.717) is 0 Å². The second-order valence-corrected chi connectivity index (χ2v) is 5.90. The van der Waals surface area contributed by atoms with Crippen molar-refractivity contribution in [2.45, 2.75) is 31.8 Å². The summed E-state index contributed by atoms with van der Waals surface area (Å²) in [5.74, 6) is -2.28. The van der Waals surface area contributed by atoms with E-state index in [4.69, 9.17) is 0 Å². The molecule has 1 saturated carbocycles. The summed E-state index contributed by atoms with van der Waals surface area (Å²) < 4.78 is 27.0. The van der Waals surface area contributed by atoms with E-state index < -0.39 is 17.2 Å². The average Bonchev–Trinajstić information content (AvgIpc) is 3.25. The minimum atomic E-state index is -0.968. The zero-order chi connectivity index (χ0) is 15.2. The van der Waals surface area contributed by atoms with Crippen LogP contribution >= 0.6 is 0 Å². The molecule has 0 aromatic heterocycles. The molecule has 1 aliphatic carbocycles. The van der Waals surface area contributed by atoms with E-state index in [0.717, 1.165) is 18.9 Å². The van der Waals surface area contributed by atoms with Gasteiger partial charge in [-0.15, -0.1) is 0 Å². The minimum Gasteiger partial charge on any atom is -0.340 e. The van der Waals surface area contributed by atoms with E-state index >= 15 is 0 Å². The molecule has 4 nitrogen and oxygen atoms in total. The Morgan fingerprint density at radius 1 is 1.33 bits per heavy atom. The van der Waals surface area contributed by atoms with Crippen LogP contribution in [-0.4, -0.2) is 28.8 Å². The fraction of sp³-hybridized carbons (Fsp3) is 0.467. The van der Waals surface area contributed by atoms with Crippen molar-refractivity contribution in [1.82, 2.24) is 10.2 Å². The number of nitrogens with one attached hydrogen (secondary N) is 1. The summed E-state index contributed by atoms with van der Waals surface area (Å²) in [4.78, 5) is 25.7. The van der Waals surface area contributed by atoms with Gasteiger partial charge >= 0.3 is 0 Å². The third-order valence-corrected chi connectivity index (χ3v) is 4.25. The maximum atomic E-state index is 13.7. The number of amides is 2. The van der Waals surface area contributed by atoms with Gasteiger partial charge in [-0.2, -0.15) is 0 Å². The standard InChI is InChI=1S/C15H16F2N2O2/c1-15(10-5-6-10)14(21)19(8-12(20)18-15)7-9-3-2-4-11(16)13(9)17/h2-4,10H,5-8H2,1H3,(H,18,20). The molecular weight excluding hydrogens is 278 g/mol. The average molecular weight is 294 g/mol. The summed E-state index contributed by atoms with van der Waals surface area (Å²) in [6.45, 7) is 1.48. The first kappa shape index (κ1) is 14.0. The lowest BCUT2D eigenvalue weighted by atomic mass is 9.91. The highest BCUT2D eigenvalue weighted by Gasteiger charge is 2.52. The first-order valence-corrected chi connectivity index (χ1v) is 6.95. The normalized spacial score (nSPS) is 26.0. The summed E-state index contributed by atoms with van der Waals surface area (Å²) >= 11 is 0. The number of hydrogen-bond donors (Lipinski definition) is 1. The lowest BCUT2D eigenvalue weighted by Crippen LogP contribution is -2.66.